The average molecular weight is 335 g/mol. The quantitative estimate of drug-likeness (QED) is 0.859. The number of aromatic nitrogens is 2. The van der Waals surface area contributed by atoms with Gasteiger partial charge in [0.2, 0.25) is 10.0 Å². The molecule has 1 aromatic carbocycles. The van der Waals surface area contributed by atoms with Gasteiger partial charge in [-0.15, -0.1) is 0 Å². The predicted octanol–water partition coefficient (Wildman–Crippen LogP) is 2.23. The van der Waals surface area contributed by atoms with E-state index in [2.05, 4.69) is 5.10 Å². The Balaban J connectivity index is 1.81. The van der Waals surface area contributed by atoms with E-state index in [0.717, 1.165) is 18.4 Å². The summed E-state index contributed by atoms with van der Waals surface area (Å²) < 4.78 is 34.6. The number of benzene rings is 1. The number of nitrogens with zero attached hydrogens (tertiary/aromatic N) is 3. The third-order valence-electron chi connectivity index (χ3n) is 4.26. The molecule has 3 rings (SSSR count). The van der Waals surface area contributed by atoms with Crippen molar-refractivity contribution in [2.45, 2.75) is 30.7 Å². The molecule has 1 aliphatic heterocycles. The first-order valence-corrected chi connectivity index (χ1v) is 9.10. The minimum absolute atomic E-state index is 0.248. The van der Waals surface area contributed by atoms with Crippen LogP contribution >= 0.6 is 0 Å². The van der Waals surface area contributed by atoms with Gasteiger partial charge in [-0.2, -0.15) is 9.40 Å². The highest BCUT2D eigenvalue weighted by atomic mass is 32.2. The van der Waals surface area contributed by atoms with Crippen LogP contribution in [-0.4, -0.2) is 42.7 Å². The number of piperidine rings is 1. The van der Waals surface area contributed by atoms with Crippen molar-refractivity contribution in [2.75, 3.05) is 20.2 Å². The zero-order valence-electron chi connectivity index (χ0n) is 13.3. The maximum atomic E-state index is 12.9. The van der Waals surface area contributed by atoms with Gasteiger partial charge in [-0.25, -0.2) is 8.42 Å². The van der Waals surface area contributed by atoms with Crippen LogP contribution in [0.25, 0.3) is 0 Å². The second kappa shape index (κ2) is 6.33. The van der Waals surface area contributed by atoms with Crippen molar-refractivity contribution in [1.82, 2.24) is 14.1 Å². The molecule has 0 bridgehead atoms. The molecule has 7 heteroatoms. The first-order chi connectivity index (χ1) is 11.0. The predicted molar refractivity (Wildman–Crippen MR) is 87.0 cm³/mol. The fourth-order valence-corrected chi connectivity index (χ4v) is 4.68. The van der Waals surface area contributed by atoms with E-state index in [-0.39, 0.29) is 10.9 Å². The SMILES string of the molecule is COc1ccc(C)cc1S(=O)(=O)N1CCC(n2cccn2)CC1. The Bertz CT molecular complexity index is 764. The molecule has 1 saturated heterocycles. The van der Waals surface area contributed by atoms with Crippen LogP contribution in [0, 0.1) is 6.92 Å². The first-order valence-electron chi connectivity index (χ1n) is 7.66. The summed E-state index contributed by atoms with van der Waals surface area (Å²) in [4.78, 5) is 0.248. The molecule has 2 aromatic rings. The highest BCUT2D eigenvalue weighted by molar-refractivity contribution is 7.89. The molecule has 0 atom stereocenters. The average Bonchev–Trinajstić information content (AvgIpc) is 3.09. The molecule has 23 heavy (non-hydrogen) atoms. The van der Waals surface area contributed by atoms with Crippen molar-refractivity contribution < 1.29 is 13.2 Å². The van der Waals surface area contributed by atoms with Crippen LogP contribution in [0.2, 0.25) is 0 Å². The Morgan fingerprint density at radius 3 is 2.61 bits per heavy atom. The lowest BCUT2D eigenvalue weighted by Gasteiger charge is -2.31. The van der Waals surface area contributed by atoms with Crippen molar-refractivity contribution in [2.24, 2.45) is 0 Å². The number of hydrogen-bond acceptors (Lipinski definition) is 4. The summed E-state index contributed by atoms with van der Waals surface area (Å²) in [6, 6.07) is 7.38. The third kappa shape index (κ3) is 3.11. The van der Waals surface area contributed by atoms with E-state index < -0.39 is 10.0 Å². The Kier molecular flexibility index (Phi) is 4.41. The second-order valence-electron chi connectivity index (χ2n) is 5.78. The van der Waals surface area contributed by atoms with Crippen molar-refractivity contribution in [3.8, 4) is 5.75 Å². The molecule has 0 saturated carbocycles. The van der Waals surface area contributed by atoms with Crippen LogP contribution in [0.15, 0.2) is 41.6 Å². The van der Waals surface area contributed by atoms with Gasteiger partial charge in [0.1, 0.15) is 10.6 Å². The van der Waals surface area contributed by atoms with Crippen molar-refractivity contribution in [3.63, 3.8) is 0 Å². The zero-order valence-corrected chi connectivity index (χ0v) is 14.2. The number of methoxy groups -OCH3 is 1. The summed E-state index contributed by atoms with van der Waals surface area (Å²) >= 11 is 0. The van der Waals surface area contributed by atoms with E-state index in [9.17, 15) is 8.42 Å². The smallest absolute Gasteiger partial charge is 0.246 e. The van der Waals surface area contributed by atoms with E-state index in [0.29, 0.717) is 18.8 Å². The minimum Gasteiger partial charge on any atom is -0.495 e. The van der Waals surface area contributed by atoms with E-state index in [1.54, 1.807) is 22.6 Å². The molecule has 1 aromatic heterocycles. The topological polar surface area (TPSA) is 64.4 Å². The molecular formula is C16H21N3O3S. The van der Waals surface area contributed by atoms with Crippen LogP contribution < -0.4 is 4.74 Å². The Morgan fingerprint density at radius 2 is 2.00 bits per heavy atom. The van der Waals surface area contributed by atoms with Gasteiger partial charge in [0.15, 0.2) is 0 Å². The second-order valence-corrected chi connectivity index (χ2v) is 7.68. The van der Waals surface area contributed by atoms with Gasteiger partial charge in [-0.05, 0) is 43.5 Å². The molecular weight excluding hydrogens is 314 g/mol. The summed E-state index contributed by atoms with van der Waals surface area (Å²) in [5, 5.41) is 4.25. The maximum Gasteiger partial charge on any atom is 0.246 e. The van der Waals surface area contributed by atoms with Gasteiger partial charge in [-0.3, -0.25) is 4.68 Å². The number of sulfonamides is 1. The summed E-state index contributed by atoms with van der Waals surface area (Å²) in [6.45, 7) is 2.86. The van der Waals surface area contributed by atoms with Gasteiger partial charge in [0.25, 0.3) is 0 Å². The Morgan fingerprint density at radius 1 is 1.26 bits per heavy atom. The van der Waals surface area contributed by atoms with Crippen LogP contribution in [0.1, 0.15) is 24.4 Å². The van der Waals surface area contributed by atoms with Crippen molar-refractivity contribution >= 4 is 10.0 Å². The summed E-state index contributed by atoms with van der Waals surface area (Å²) in [6.07, 6.45) is 5.20. The van der Waals surface area contributed by atoms with E-state index in [4.69, 9.17) is 4.74 Å². The number of aryl methyl sites for hydroxylation is 1. The molecule has 0 spiro atoms. The van der Waals surface area contributed by atoms with Gasteiger partial charge >= 0.3 is 0 Å². The molecule has 0 N–H and O–H groups in total. The molecule has 0 aliphatic carbocycles. The van der Waals surface area contributed by atoms with E-state index in [1.807, 2.05) is 29.9 Å². The van der Waals surface area contributed by atoms with Crippen LogP contribution in [0.4, 0.5) is 0 Å². The molecule has 124 valence electrons. The number of hydrogen-bond donors (Lipinski definition) is 0. The van der Waals surface area contributed by atoms with Crippen LogP contribution in [-0.2, 0) is 10.0 Å². The van der Waals surface area contributed by atoms with E-state index >= 15 is 0 Å². The molecule has 0 unspecified atom stereocenters. The van der Waals surface area contributed by atoms with Gasteiger partial charge in [0, 0.05) is 25.5 Å². The van der Waals surface area contributed by atoms with Gasteiger partial charge < -0.3 is 4.74 Å². The van der Waals surface area contributed by atoms with Crippen LogP contribution in [0.5, 0.6) is 5.75 Å². The first kappa shape index (κ1) is 16.0. The molecule has 1 aliphatic rings. The standard InChI is InChI=1S/C16H21N3O3S/c1-13-4-5-15(22-2)16(12-13)23(20,21)18-10-6-14(7-11-18)19-9-3-8-17-19/h3-5,8-9,12,14H,6-7,10-11H2,1-2H3. The molecule has 1 fully saturated rings. The maximum absolute atomic E-state index is 12.9. The van der Waals surface area contributed by atoms with Gasteiger partial charge in [0.05, 0.1) is 13.2 Å². The number of ether oxygens (including phenoxy) is 1. The highest BCUT2D eigenvalue weighted by Gasteiger charge is 2.32. The molecule has 0 radical (unpaired) electrons. The lowest BCUT2D eigenvalue weighted by atomic mass is 10.1. The summed E-state index contributed by atoms with van der Waals surface area (Å²) in [5.74, 6) is 0.393. The Hall–Kier alpha value is -1.86. The number of rotatable bonds is 4. The van der Waals surface area contributed by atoms with Crippen LogP contribution in [0.3, 0.4) is 0 Å². The zero-order chi connectivity index (χ0) is 16.4. The van der Waals surface area contributed by atoms with Crippen molar-refractivity contribution in [1.29, 1.82) is 0 Å². The third-order valence-corrected chi connectivity index (χ3v) is 6.18. The fourth-order valence-electron chi connectivity index (χ4n) is 2.97. The monoisotopic (exact) mass is 335 g/mol. The Labute approximate surface area is 136 Å². The lowest BCUT2D eigenvalue weighted by molar-refractivity contribution is 0.260. The molecule has 2 heterocycles. The summed E-state index contributed by atoms with van der Waals surface area (Å²) in [5.41, 5.74) is 0.899. The van der Waals surface area contributed by atoms with E-state index in [1.165, 1.54) is 7.11 Å². The van der Waals surface area contributed by atoms with Gasteiger partial charge in [-0.1, -0.05) is 6.07 Å². The minimum atomic E-state index is -3.54. The molecule has 6 nitrogen and oxygen atoms in total. The summed E-state index contributed by atoms with van der Waals surface area (Å²) in [7, 11) is -2.05. The van der Waals surface area contributed by atoms with Crippen molar-refractivity contribution in [3.05, 3.63) is 42.2 Å². The fraction of sp³-hybridized carbons (Fsp3) is 0.438. The lowest BCUT2D eigenvalue weighted by Crippen LogP contribution is -2.39. The highest BCUT2D eigenvalue weighted by Crippen LogP contribution is 2.31. The normalized spacial score (nSPS) is 17.3. The largest absolute Gasteiger partial charge is 0.495 e. The molecule has 0 amide bonds.